The van der Waals surface area contributed by atoms with Crippen LogP contribution in [-0.4, -0.2) is 69.2 Å². The zero-order valence-electron chi connectivity index (χ0n) is 26.8. The smallest absolute Gasteiger partial charge is 0.193 e. The summed E-state index contributed by atoms with van der Waals surface area (Å²) in [7, 11) is -6.23. The quantitative estimate of drug-likeness (QED) is 0.218. The maximum atomic E-state index is 7.33. The van der Waals surface area contributed by atoms with E-state index in [0.29, 0.717) is 26.4 Å². The van der Waals surface area contributed by atoms with Gasteiger partial charge in [-0.05, 0) is 71.6 Å². The molecule has 37 heavy (non-hydrogen) atoms. The van der Waals surface area contributed by atoms with Crippen LogP contribution in [0.5, 0.6) is 0 Å². The van der Waals surface area contributed by atoms with Gasteiger partial charge in [-0.1, -0.05) is 68.9 Å². The molecule has 0 aromatic rings. The lowest BCUT2D eigenvalue weighted by Gasteiger charge is -2.48. The lowest BCUT2D eigenvalue weighted by atomic mass is 10.0. The molecule has 1 fully saturated rings. The molecule has 1 saturated heterocycles. The van der Waals surface area contributed by atoms with Gasteiger partial charge in [0.05, 0.1) is 26.4 Å². The third-order valence-corrected chi connectivity index (χ3v) is 23.1. The molecule has 0 radical (unpaired) electrons. The predicted molar refractivity (Wildman–Crippen MR) is 164 cm³/mol. The van der Waals surface area contributed by atoms with E-state index in [0.717, 1.165) is 11.1 Å². The van der Waals surface area contributed by atoms with E-state index in [9.17, 15) is 0 Å². The Kier molecular flexibility index (Phi) is 9.61. The van der Waals surface area contributed by atoms with Crippen molar-refractivity contribution in [3.8, 4) is 0 Å². The van der Waals surface area contributed by atoms with Gasteiger partial charge >= 0.3 is 0 Å². The normalized spacial score (nSPS) is 26.7. The monoisotopic (exact) mass is 570 g/mol. The van der Waals surface area contributed by atoms with Crippen LogP contribution in [0.3, 0.4) is 0 Å². The Hall–Kier alpha value is -0.0694. The number of hydrogen-bond acceptors (Lipinski definition) is 5. The maximum Gasteiger partial charge on any atom is 0.193 e. The van der Waals surface area contributed by atoms with Gasteiger partial charge in [-0.25, -0.2) is 0 Å². The predicted octanol–water partition coefficient (Wildman–Crippen LogP) is 8.07. The molecular formula is C29H58O5Si3. The van der Waals surface area contributed by atoms with Gasteiger partial charge in [-0.2, -0.15) is 0 Å². The van der Waals surface area contributed by atoms with E-state index >= 15 is 0 Å². The zero-order valence-corrected chi connectivity index (χ0v) is 29.8. The Morgan fingerprint density at radius 1 is 0.784 bits per heavy atom. The summed E-state index contributed by atoms with van der Waals surface area (Å²) in [5.74, 6) is 0. The first kappa shape index (κ1) is 33.1. The summed E-state index contributed by atoms with van der Waals surface area (Å²) in [6, 6.07) is 0. The van der Waals surface area contributed by atoms with Crippen molar-refractivity contribution in [3.05, 3.63) is 23.8 Å². The molecule has 0 saturated carbocycles. The van der Waals surface area contributed by atoms with Gasteiger partial charge in [0.25, 0.3) is 0 Å². The van der Waals surface area contributed by atoms with E-state index in [1.54, 1.807) is 0 Å². The Balaban J connectivity index is 2.59. The molecule has 1 aliphatic heterocycles. The van der Waals surface area contributed by atoms with Gasteiger partial charge in [0.2, 0.25) is 0 Å². The highest BCUT2D eigenvalue weighted by Crippen LogP contribution is 2.47. The summed E-state index contributed by atoms with van der Waals surface area (Å²) in [5.41, 5.74) is 1.33. The van der Waals surface area contributed by atoms with Gasteiger partial charge in [0, 0.05) is 0 Å². The fraction of sp³-hybridized carbons (Fsp3) is 0.862. The fourth-order valence-corrected chi connectivity index (χ4v) is 7.26. The van der Waals surface area contributed by atoms with Crippen molar-refractivity contribution in [1.82, 2.24) is 0 Å². The van der Waals surface area contributed by atoms with E-state index in [-0.39, 0.29) is 27.3 Å². The largest absolute Gasteiger partial charge is 0.413 e. The van der Waals surface area contributed by atoms with Crippen molar-refractivity contribution in [1.29, 1.82) is 0 Å². The number of ether oxygens (including phenoxy) is 2. The highest BCUT2D eigenvalue weighted by molar-refractivity contribution is 6.75. The van der Waals surface area contributed by atoms with Crippen LogP contribution in [-0.2, 0) is 22.8 Å². The average molecular weight is 571 g/mol. The van der Waals surface area contributed by atoms with Crippen LogP contribution < -0.4 is 0 Å². The molecule has 0 spiro atoms. The van der Waals surface area contributed by atoms with Gasteiger partial charge in [-0.3, -0.25) is 0 Å². The van der Waals surface area contributed by atoms with E-state index in [1.165, 1.54) is 0 Å². The molecule has 216 valence electrons. The third kappa shape index (κ3) is 7.37. The van der Waals surface area contributed by atoms with Crippen LogP contribution in [0.2, 0.25) is 54.4 Å². The molecule has 0 bridgehead atoms. The maximum absolute atomic E-state index is 7.33. The summed E-state index contributed by atoms with van der Waals surface area (Å²) in [4.78, 5) is 0. The summed E-state index contributed by atoms with van der Waals surface area (Å²) in [6.07, 6.45) is 1.73. The minimum Gasteiger partial charge on any atom is -0.413 e. The Labute approximate surface area is 232 Å². The number of fused-ring (bicyclic) bond motifs is 1. The van der Waals surface area contributed by atoms with Crippen molar-refractivity contribution in [2.45, 2.75) is 135 Å². The van der Waals surface area contributed by atoms with E-state index < -0.39 is 30.6 Å². The standard InChI is InChI=1S/C29H58O5Si3/c1-22-18-30-24-23(20-32-35(11,12)26(2,3)4)17-29(25(24)31-19-22,34-37(15,16)28(8,9)10)21-33-36(13,14)27(5,6)7/h17,24-25H,1,18-21H2,2-16H3/t24-,25+,29-/m1/s1. The van der Waals surface area contributed by atoms with Crippen molar-refractivity contribution < 1.29 is 22.8 Å². The second-order valence-electron chi connectivity index (χ2n) is 15.8. The van der Waals surface area contributed by atoms with Crippen LogP contribution in [0.15, 0.2) is 23.8 Å². The molecule has 3 atom stereocenters. The van der Waals surface area contributed by atoms with E-state index in [1.807, 2.05) is 0 Å². The van der Waals surface area contributed by atoms with Crippen molar-refractivity contribution in [2.24, 2.45) is 0 Å². The lowest BCUT2D eigenvalue weighted by Crippen LogP contribution is -2.59. The SMILES string of the molecule is C=C1CO[C@@H]2C(CO[Si](C)(C)C(C)(C)C)=C[C@](CO[Si](C)(C)C(C)(C)C)(O[Si](C)(C)C(C)(C)C)[C@H]2OC1. The third-order valence-electron chi connectivity index (χ3n) is 9.61. The zero-order chi connectivity index (χ0) is 28.9. The summed E-state index contributed by atoms with van der Waals surface area (Å²) in [6.45, 7) is 40.4. The first-order valence-corrected chi connectivity index (χ1v) is 22.7. The Morgan fingerprint density at radius 2 is 1.24 bits per heavy atom. The lowest BCUT2D eigenvalue weighted by molar-refractivity contribution is -0.113. The van der Waals surface area contributed by atoms with Crippen molar-refractivity contribution in [2.75, 3.05) is 26.4 Å². The number of rotatable bonds is 8. The van der Waals surface area contributed by atoms with Gasteiger partial charge < -0.3 is 22.8 Å². The molecule has 0 aromatic carbocycles. The van der Waals surface area contributed by atoms with Gasteiger partial charge in [0.15, 0.2) is 25.0 Å². The molecule has 5 nitrogen and oxygen atoms in total. The van der Waals surface area contributed by atoms with Crippen LogP contribution in [0.1, 0.15) is 62.3 Å². The minimum absolute atomic E-state index is 0.0376. The Bertz CT molecular complexity index is 858. The topological polar surface area (TPSA) is 46.2 Å². The molecule has 0 N–H and O–H groups in total. The van der Waals surface area contributed by atoms with Gasteiger partial charge in [-0.15, -0.1) is 0 Å². The molecule has 0 amide bonds. The highest BCUT2D eigenvalue weighted by atomic mass is 28.4. The van der Waals surface area contributed by atoms with Crippen LogP contribution in [0, 0.1) is 0 Å². The van der Waals surface area contributed by atoms with E-state index in [2.05, 4.69) is 114 Å². The molecular weight excluding hydrogens is 513 g/mol. The average Bonchev–Trinajstić information content (AvgIpc) is 2.81. The fourth-order valence-electron chi connectivity index (χ4n) is 3.79. The highest BCUT2D eigenvalue weighted by Gasteiger charge is 2.57. The molecule has 1 aliphatic carbocycles. The molecule has 2 rings (SSSR count). The van der Waals surface area contributed by atoms with Crippen molar-refractivity contribution >= 4 is 25.0 Å². The Morgan fingerprint density at radius 3 is 1.73 bits per heavy atom. The summed E-state index contributed by atoms with van der Waals surface area (Å²) >= 11 is 0. The minimum atomic E-state index is -2.21. The van der Waals surface area contributed by atoms with Crippen LogP contribution in [0.25, 0.3) is 0 Å². The second-order valence-corrected chi connectivity index (χ2v) is 30.2. The summed E-state index contributed by atoms with van der Waals surface area (Å²) < 4.78 is 34.1. The van der Waals surface area contributed by atoms with E-state index in [4.69, 9.17) is 22.8 Å². The molecule has 1 heterocycles. The summed E-state index contributed by atoms with van der Waals surface area (Å²) in [5, 5.41) is 0.257. The van der Waals surface area contributed by atoms with Crippen molar-refractivity contribution in [3.63, 3.8) is 0 Å². The number of hydrogen-bond donors (Lipinski definition) is 0. The molecule has 8 heteroatoms. The first-order valence-electron chi connectivity index (χ1n) is 13.9. The molecule has 0 aromatic heterocycles. The van der Waals surface area contributed by atoms with Crippen LogP contribution in [0.4, 0.5) is 0 Å². The molecule has 0 unspecified atom stereocenters. The first-order chi connectivity index (χ1) is 16.4. The van der Waals surface area contributed by atoms with Crippen LogP contribution >= 0.6 is 0 Å². The van der Waals surface area contributed by atoms with Gasteiger partial charge in [0.1, 0.15) is 17.8 Å². The molecule has 2 aliphatic rings. The second kappa shape index (κ2) is 10.7.